The molecule has 2 aliphatic rings. The van der Waals surface area contributed by atoms with E-state index in [0.717, 1.165) is 28.5 Å². The molecule has 33 heavy (non-hydrogen) atoms. The van der Waals surface area contributed by atoms with E-state index in [1.807, 2.05) is 43.9 Å². The predicted octanol–water partition coefficient (Wildman–Crippen LogP) is 3.25. The fourth-order valence-electron chi connectivity index (χ4n) is 4.72. The van der Waals surface area contributed by atoms with Gasteiger partial charge in [0.25, 0.3) is 11.8 Å². The summed E-state index contributed by atoms with van der Waals surface area (Å²) in [6.07, 6.45) is 2.41. The Morgan fingerprint density at radius 3 is 2.55 bits per heavy atom. The fourth-order valence-corrected chi connectivity index (χ4v) is 4.72. The number of ether oxygens (including phenoxy) is 1. The average molecular weight is 449 g/mol. The molecule has 5 rings (SSSR count). The number of hydrogen-bond acceptors (Lipinski definition) is 6. The zero-order chi connectivity index (χ0) is 23.1. The summed E-state index contributed by atoms with van der Waals surface area (Å²) >= 11 is 0. The maximum Gasteiger partial charge on any atom is 0.289 e. The molecule has 2 aromatic heterocycles. The van der Waals surface area contributed by atoms with Crippen LogP contribution in [0.5, 0.6) is 0 Å². The molecule has 0 unspecified atom stereocenters. The van der Waals surface area contributed by atoms with E-state index in [0.29, 0.717) is 62.2 Å². The first kappa shape index (κ1) is 21.6. The number of aromatic nitrogens is 2. The number of likely N-dealkylation sites (tertiary alicyclic amines) is 1. The van der Waals surface area contributed by atoms with Crippen molar-refractivity contribution in [2.75, 3.05) is 39.4 Å². The molecule has 0 N–H and O–H groups in total. The molecular weight excluding hydrogens is 420 g/mol. The van der Waals surface area contributed by atoms with Crippen LogP contribution in [0.15, 0.2) is 28.8 Å². The van der Waals surface area contributed by atoms with E-state index >= 15 is 0 Å². The number of morpholine rings is 1. The Hall–Kier alpha value is -3.26. The Kier molecular flexibility index (Phi) is 5.62. The van der Waals surface area contributed by atoms with E-state index < -0.39 is 0 Å². The van der Waals surface area contributed by atoms with Crippen LogP contribution >= 0.6 is 0 Å². The van der Waals surface area contributed by atoms with Crippen LogP contribution in [0.25, 0.3) is 11.0 Å². The van der Waals surface area contributed by atoms with E-state index in [2.05, 4.69) is 9.97 Å². The van der Waals surface area contributed by atoms with Crippen molar-refractivity contribution in [3.05, 3.63) is 58.4 Å². The molecule has 2 amide bonds. The van der Waals surface area contributed by atoms with Gasteiger partial charge in [0.2, 0.25) is 0 Å². The molecule has 4 heterocycles. The minimum absolute atomic E-state index is 0.0339. The van der Waals surface area contributed by atoms with E-state index in [1.165, 1.54) is 0 Å². The van der Waals surface area contributed by atoms with Crippen molar-refractivity contribution >= 4 is 22.8 Å². The quantitative estimate of drug-likeness (QED) is 0.611. The van der Waals surface area contributed by atoms with E-state index in [9.17, 15) is 9.59 Å². The lowest BCUT2D eigenvalue weighted by atomic mass is 10.1. The van der Waals surface area contributed by atoms with E-state index in [-0.39, 0.29) is 17.7 Å². The second-order valence-electron chi connectivity index (χ2n) is 8.88. The van der Waals surface area contributed by atoms with Gasteiger partial charge in [0, 0.05) is 49.2 Å². The SMILES string of the molecule is Cc1nc([C@H]2CCN(C(=O)c3oc4c(C)cccc4c3C)C2)ncc1C(=O)N1CCOCC1. The number of rotatable bonds is 3. The van der Waals surface area contributed by atoms with Gasteiger partial charge in [0.15, 0.2) is 5.76 Å². The molecular formula is C25H28N4O4. The predicted molar refractivity (Wildman–Crippen MR) is 122 cm³/mol. The molecule has 0 saturated carbocycles. The number of amides is 2. The van der Waals surface area contributed by atoms with Crippen LogP contribution in [-0.2, 0) is 4.74 Å². The number of furan rings is 1. The first-order valence-corrected chi connectivity index (χ1v) is 11.4. The molecule has 1 atom stereocenters. The summed E-state index contributed by atoms with van der Waals surface area (Å²) in [4.78, 5) is 38.8. The Labute approximate surface area is 192 Å². The van der Waals surface area contributed by atoms with Crippen LogP contribution < -0.4 is 0 Å². The Balaban J connectivity index is 1.31. The molecule has 2 saturated heterocycles. The normalized spacial score (nSPS) is 18.8. The number of carbonyl (C=O) groups is 2. The van der Waals surface area contributed by atoms with Gasteiger partial charge in [0.05, 0.1) is 24.5 Å². The second kappa shape index (κ2) is 8.59. The molecule has 0 aliphatic carbocycles. The summed E-state index contributed by atoms with van der Waals surface area (Å²) in [5.74, 6) is 0.969. The van der Waals surface area contributed by atoms with Crippen molar-refractivity contribution < 1.29 is 18.7 Å². The van der Waals surface area contributed by atoms with Crippen molar-refractivity contribution in [3.8, 4) is 0 Å². The Morgan fingerprint density at radius 1 is 1.03 bits per heavy atom. The summed E-state index contributed by atoms with van der Waals surface area (Å²) in [5.41, 5.74) is 3.86. The van der Waals surface area contributed by atoms with Gasteiger partial charge >= 0.3 is 0 Å². The Morgan fingerprint density at radius 2 is 1.82 bits per heavy atom. The summed E-state index contributed by atoms with van der Waals surface area (Å²) in [6.45, 7) is 9.19. The van der Waals surface area contributed by atoms with Crippen LogP contribution in [0.1, 0.15) is 55.9 Å². The van der Waals surface area contributed by atoms with E-state index in [4.69, 9.17) is 9.15 Å². The molecule has 8 nitrogen and oxygen atoms in total. The van der Waals surface area contributed by atoms with Crippen molar-refractivity contribution in [2.45, 2.75) is 33.1 Å². The topological polar surface area (TPSA) is 88.8 Å². The standard InChI is InChI=1S/C25H28N4O4/c1-15-5-4-6-19-16(2)22(33-21(15)19)25(31)29-8-7-18(14-29)23-26-13-20(17(3)27-23)24(30)28-9-11-32-12-10-28/h4-6,13,18H,7-12,14H2,1-3H3/t18-/m0/s1. The van der Waals surface area contributed by atoms with Crippen molar-refractivity contribution in [2.24, 2.45) is 0 Å². The number of fused-ring (bicyclic) bond motifs is 1. The zero-order valence-corrected chi connectivity index (χ0v) is 19.3. The second-order valence-corrected chi connectivity index (χ2v) is 8.88. The van der Waals surface area contributed by atoms with Gasteiger partial charge in [0.1, 0.15) is 11.4 Å². The third-order valence-electron chi connectivity index (χ3n) is 6.72. The van der Waals surface area contributed by atoms with Gasteiger partial charge in [-0.3, -0.25) is 9.59 Å². The van der Waals surface area contributed by atoms with Gasteiger partial charge in [-0.15, -0.1) is 0 Å². The lowest BCUT2D eigenvalue weighted by Gasteiger charge is -2.27. The lowest BCUT2D eigenvalue weighted by molar-refractivity contribution is 0.0301. The minimum atomic E-state index is -0.0959. The summed E-state index contributed by atoms with van der Waals surface area (Å²) in [7, 11) is 0. The third kappa shape index (κ3) is 3.88. The summed E-state index contributed by atoms with van der Waals surface area (Å²) < 4.78 is 11.3. The van der Waals surface area contributed by atoms with E-state index in [1.54, 1.807) is 11.1 Å². The maximum atomic E-state index is 13.2. The van der Waals surface area contributed by atoms with Gasteiger partial charge in [-0.2, -0.15) is 0 Å². The number of para-hydroxylation sites is 1. The molecule has 2 aliphatic heterocycles. The molecule has 0 bridgehead atoms. The highest BCUT2D eigenvalue weighted by atomic mass is 16.5. The van der Waals surface area contributed by atoms with Crippen molar-refractivity contribution in [1.29, 1.82) is 0 Å². The van der Waals surface area contributed by atoms with Gasteiger partial charge < -0.3 is 19.0 Å². The van der Waals surface area contributed by atoms with Crippen LogP contribution in [0, 0.1) is 20.8 Å². The van der Waals surface area contributed by atoms with Crippen molar-refractivity contribution in [1.82, 2.24) is 19.8 Å². The lowest BCUT2D eigenvalue weighted by Crippen LogP contribution is -2.41. The first-order valence-electron chi connectivity index (χ1n) is 11.4. The van der Waals surface area contributed by atoms with Gasteiger partial charge in [-0.05, 0) is 32.8 Å². The molecule has 1 aromatic carbocycles. The number of hydrogen-bond donors (Lipinski definition) is 0. The molecule has 172 valence electrons. The molecule has 3 aromatic rings. The molecule has 0 radical (unpaired) electrons. The minimum Gasteiger partial charge on any atom is -0.450 e. The largest absolute Gasteiger partial charge is 0.450 e. The third-order valence-corrected chi connectivity index (χ3v) is 6.72. The highest BCUT2D eigenvalue weighted by Crippen LogP contribution is 2.31. The van der Waals surface area contributed by atoms with Crippen LogP contribution in [0.4, 0.5) is 0 Å². The summed E-state index contributed by atoms with van der Waals surface area (Å²) in [5, 5.41) is 0.980. The number of nitrogens with zero attached hydrogens (tertiary/aromatic N) is 4. The number of carbonyl (C=O) groups excluding carboxylic acids is 2. The van der Waals surface area contributed by atoms with Crippen molar-refractivity contribution in [3.63, 3.8) is 0 Å². The maximum absolute atomic E-state index is 13.2. The van der Waals surface area contributed by atoms with Crippen LogP contribution in [-0.4, -0.2) is 71.0 Å². The average Bonchev–Trinajstić information content (AvgIpc) is 3.45. The molecule has 0 spiro atoms. The fraction of sp³-hybridized carbons (Fsp3) is 0.440. The Bertz CT molecular complexity index is 1230. The van der Waals surface area contributed by atoms with Crippen LogP contribution in [0.2, 0.25) is 0 Å². The summed E-state index contributed by atoms with van der Waals surface area (Å²) in [6, 6.07) is 5.95. The van der Waals surface area contributed by atoms with Gasteiger partial charge in [-0.25, -0.2) is 9.97 Å². The van der Waals surface area contributed by atoms with Crippen LogP contribution in [0.3, 0.4) is 0 Å². The number of aryl methyl sites for hydroxylation is 3. The number of benzene rings is 1. The highest BCUT2D eigenvalue weighted by molar-refractivity contribution is 5.99. The van der Waals surface area contributed by atoms with Gasteiger partial charge in [-0.1, -0.05) is 18.2 Å². The first-order chi connectivity index (χ1) is 15.9. The highest BCUT2D eigenvalue weighted by Gasteiger charge is 2.33. The molecule has 8 heteroatoms. The monoisotopic (exact) mass is 448 g/mol. The molecule has 2 fully saturated rings. The smallest absolute Gasteiger partial charge is 0.289 e. The zero-order valence-electron chi connectivity index (χ0n) is 19.3.